The van der Waals surface area contributed by atoms with E-state index in [2.05, 4.69) is 92.7 Å². The minimum Gasteiger partial charge on any atom is -0.0839 e. The van der Waals surface area contributed by atoms with Gasteiger partial charge in [-0.15, -0.1) is 0 Å². The summed E-state index contributed by atoms with van der Waals surface area (Å²) in [7, 11) is -1.35. The van der Waals surface area contributed by atoms with Crippen LogP contribution in [0.1, 0.15) is 26.7 Å². The first kappa shape index (κ1) is 15.7. The molecular weight excluding hydrogens is 304 g/mol. The first-order valence-corrected chi connectivity index (χ1v) is 10.9. The molecule has 24 heavy (non-hydrogen) atoms. The first-order chi connectivity index (χ1) is 11.7. The summed E-state index contributed by atoms with van der Waals surface area (Å²) < 4.78 is 0. The van der Waals surface area contributed by atoms with Gasteiger partial charge in [0.05, 0.1) is 0 Å². The fourth-order valence-electron chi connectivity index (χ4n) is 5.23. The van der Waals surface area contributed by atoms with Gasteiger partial charge in [-0.2, -0.15) is 0 Å². The highest BCUT2D eigenvalue weighted by Crippen LogP contribution is 2.58. The second kappa shape index (κ2) is 6.21. The van der Waals surface area contributed by atoms with Gasteiger partial charge in [0.25, 0.3) is 0 Å². The molecule has 0 nitrogen and oxygen atoms in total. The Hall–Kier alpha value is -1.86. The SMILES string of the molecule is CC1CC(C)([SiH](c2ccccc2)c2ccccc2)C2=CC=CCC21. The molecule has 4 rings (SSSR count). The van der Waals surface area contributed by atoms with Crippen LogP contribution in [0.5, 0.6) is 0 Å². The van der Waals surface area contributed by atoms with E-state index in [0.29, 0.717) is 5.04 Å². The third kappa shape index (κ3) is 2.52. The molecule has 3 atom stereocenters. The molecule has 0 aliphatic heterocycles. The van der Waals surface area contributed by atoms with Crippen LogP contribution in [-0.2, 0) is 0 Å². The number of hydrogen-bond donors (Lipinski definition) is 0. The van der Waals surface area contributed by atoms with Gasteiger partial charge in [-0.1, -0.05) is 109 Å². The second-order valence-electron chi connectivity index (χ2n) is 7.75. The number of benzene rings is 2. The number of fused-ring (bicyclic) bond motifs is 1. The fraction of sp³-hybridized carbons (Fsp3) is 0.304. The van der Waals surface area contributed by atoms with Crippen LogP contribution in [0.4, 0.5) is 0 Å². The summed E-state index contributed by atoms with van der Waals surface area (Å²) in [6, 6.07) is 22.6. The van der Waals surface area contributed by atoms with Gasteiger partial charge in [0.1, 0.15) is 8.80 Å². The van der Waals surface area contributed by atoms with E-state index in [1.54, 1.807) is 15.9 Å². The summed E-state index contributed by atoms with van der Waals surface area (Å²) >= 11 is 0. The molecule has 0 bridgehead atoms. The van der Waals surface area contributed by atoms with E-state index in [4.69, 9.17) is 0 Å². The van der Waals surface area contributed by atoms with E-state index in [-0.39, 0.29) is 0 Å². The fourth-order valence-corrected chi connectivity index (χ4v) is 9.55. The van der Waals surface area contributed by atoms with Gasteiger partial charge in [-0.25, -0.2) is 0 Å². The molecule has 122 valence electrons. The molecule has 0 aromatic heterocycles. The predicted octanol–water partition coefficient (Wildman–Crippen LogP) is 4.33. The second-order valence-corrected chi connectivity index (χ2v) is 11.2. The van der Waals surface area contributed by atoms with Gasteiger partial charge < -0.3 is 0 Å². The molecule has 0 N–H and O–H groups in total. The van der Waals surface area contributed by atoms with Crippen LogP contribution < -0.4 is 10.4 Å². The van der Waals surface area contributed by atoms with Crippen molar-refractivity contribution in [1.82, 2.24) is 0 Å². The van der Waals surface area contributed by atoms with Crippen molar-refractivity contribution in [2.75, 3.05) is 0 Å². The topological polar surface area (TPSA) is 0 Å². The number of rotatable bonds is 3. The molecule has 0 heterocycles. The molecule has 1 saturated carbocycles. The molecule has 0 spiro atoms. The highest BCUT2D eigenvalue weighted by atomic mass is 28.3. The Labute approximate surface area is 147 Å². The van der Waals surface area contributed by atoms with E-state index in [9.17, 15) is 0 Å². The molecule has 0 saturated heterocycles. The van der Waals surface area contributed by atoms with Crippen LogP contribution in [0.3, 0.4) is 0 Å². The maximum Gasteiger partial charge on any atom is 0.112 e. The minimum atomic E-state index is -1.35. The highest BCUT2D eigenvalue weighted by Gasteiger charge is 2.50. The third-order valence-electron chi connectivity index (χ3n) is 6.20. The Bertz CT molecular complexity index is 720. The van der Waals surface area contributed by atoms with Gasteiger partial charge in [0.2, 0.25) is 0 Å². The Morgan fingerprint density at radius 3 is 2.08 bits per heavy atom. The quantitative estimate of drug-likeness (QED) is 0.735. The molecule has 2 aliphatic rings. The molecule has 2 aromatic carbocycles. The summed E-state index contributed by atoms with van der Waals surface area (Å²) in [6.45, 7) is 5.02. The summed E-state index contributed by atoms with van der Waals surface area (Å²) in [6.07, 6.45) is 9.66. The maximum absolute atomic E-state index is 2.56. The maximum atomic E-state index is 2.56. The highest BCUT2D eigenvalue weighted by molar-refractivity contribution is 6.88. The zero-order valence-electron chi connectivity index (χ0n) is 14.7. The number of allylic oxidation sites excluding steroid dienone is 4. The predicted molar refractivity (Wildman–Crippen MR) is 107 cm³/mol. The van der Waals surface area contributed by atoms with Crippen LogP contribution in [-0.4, -0.2) is 8.80 Å². The lowest BCUT2D eigenvalue weighted by molar-refractivity contribution is 0.455. The smallest absolute Gasteiger partial charge is 0.0839 e. The van der Waals surface area contributed by atoms with E-state index in [1.165, 1.54) is 12.8 Å². The molecule has 2 aliphatic carbocycles. The Kier molecular flexibility index (Phi) is 4.05. The molecule has 1 heteroatoms. The summed E-state index contributed by atoms with van der Waals surface area (Å²) in [5.41, 5.74) is 1.72. The summed E-state index contributed by atoms with van der Waals surface area (Å²) in [4.78, 5) is 0. The lowest BCUT2D eigenvalue weighted by Crippen LogP contribution is -2.51. The van der Waals surface area contributed by atoms with Crippen molar-refractivity contribution in [3.8, 4) is 0 Å². The first-order valence-electron chi connectivity index (χ1n) is 9.17. The van der Waals surface area contributed by atoms with Gasteiger partial charge in [0, 0.05) is 0 Å². The summed E-state index contributed by atoms with van der Waals surface area (Å²) in [5, 5.41) is 3.49. The van der Waals surface area contributed by atoms with Crippen molar-refractivity contribution in [1.29, 1.82) is 0 Å². The normalized spacial score (nSPS) is 28.7. The molecule has 2 aromatic rings. The molecule has 1 fully saturated rings. The Balaban J connectivity index is 1.87. The van der Waals surface area contributed by atoms with Crippen LogP contribution in [0.25, 0.3) is 0 Å². The van der Waals surface area contributed by atoms with Gasteiger partial charge >= 0.3 is 0 Å². The zero-order valence-corrected chi connectivity index (χ0v) is 15.8. The molecule has 0 radical (unpaired) electrons. The van der Waals surface area contributed by atoms with Crippen molar-refractivity contribution < 1.29 is 0 Å². The van der Waals surface area contributed by atoms with E-state index >= 15 is 0 Å². The van der Waals surface area contributed by atoms with Gasteiger partial charge in [-0.05, 0) is 29.7 Å². The van der Waals surface area contributed by atoms with E-state index < -0.39 is 8.80 Å². The minimum absolute atomic E-state index is 0.331. The lowest BCUT2D eigenvalue weighted by Gasteiger charge is -2.37. The van der Waals surface area contributed by atoms with Crippen molar-refractivity contribution >= 4 is 19.2 Å². The van der Waals surface area contributed by atoms with Crippen LogP contribution in [0.2, 0.25) is 5.04 Å². The van der Waals surface area contributed by atoms with Gasteiger partial charge in [0.15, 0.2) is 0 Å². The van der Waals surface area contributed by atoms with Crippen molar-refractivity contribution in [3.63, 3.8) is 0 Å². The average molecular weight is 331 g/mol. The van der Waals surface area contributed by atoms with Crippen LogP contribution in [0, 0.1) is 11.8 Å². The van der Waals surface area contributed by atoms with Crippen molar-refractivity contribution in [3.05, 3.63) is 84.5 Å². The summed E-state index contributed by atoms with van der Waals surface area (Å²) in [5.74, 6) is 1.54. The lowest BCUT2D eigenvalue weighted by atomic mass is 9.87. The van der Waals surface area contributed by atoms with Crippen molar-refractivity contribution in [2.24, 2.45) is 11.8 Å². The van der Waals surface area contributed by atoms with E-state index in [0.717, 1.165) is 11.8 Å². The van der Waals surface area contributed by atoms with Crippen LogP contribution in [0.15, 0.2) is 84.5 Å². The van der Waals surface area contributed by atoms with Crippen molar-refractivity contribution in [2.45, 2.75) is 31.7 Å². The van der Waals surface area contributed by atoms with E-state index in [1.807, 2.05) is 0 Å². The average Bonchev–Trinajstić information content (AvgIpc) is 2.89. The van der Waals surface area contributed by atoms with Gasteiger partial charge in [-0.3, -0.25) is 0 Å². The standard InChI is InChI=1S/C23H26Si/c1-18-17-23(2,22-16-10-9-15-21(18)22)24(19-11-5-3-6-12-19)20-13-7-4-8-14-20/h3-14,16,18,21,24H,15,17H2,1-2H3. The Morgan fingerprint density at radius 1 is 0.917 bits per heavy atom. The monoisotopic (exact) mass is 330 g/mol. The molecular formula is C23H26Si. The molecule has 0 amide bonds. The van der Waals surface area contributed by atoms with Crippen LogP contribution >= 0.6 is 0 Å². The molecule has 3 unspecified atom stereocenters. The Morgan fingerprint density at radius 2 is 1.50 bits per heavy atom. The zero-order chi connectivity index (χ0) is 16.6. The number of hydrogen-bond acceptors (Lipinski definition) is 0. The largest absolute Gasteiger partial charge is 0.112 e. The third-order valence-corrected chi connectivity index (χ3v) is 10.1.